The fraction of sp³-hybridized carbons (Fsp3) is 0.263. The maximum atomic E-state index is 12.9. The summed E-state index contributed by atoms with van der Waals surface area (Å²) in [5, 5.41) is 22.0. The SMILES string of the molecule is CCOC(=O)C1=C(COCCN)NC(C)=C(C(=O)OC)C1c1ccccc1Cl.O=C(OC(C(=O)O)C(OC(=O)c1ccccc1)C(=O)O)c1ccccc1. The van der Waals surface area contributed by atoms with Crippen LogP contribution in [0.5, 0.6) is 0 Å². The number of rotatable bonds is 15. The van der Waals surface area contributed by atoms with Crippen molar-refractivity contribution < 1.29 is 62.7 Å². The number of benzene rings is 3. The molecule has 1 heterocycles. The number of carbonyl (C=O) groups excluding carboxylic acids is 4. The lowest BCUT2D eigenvalue weighted by atomic mass is 9.80. The minimum atomic E-state index is -2.21. The first-order chi connectivity index (χ1) is 25.9. The number of hydrogen-bond acceptors (Lipinski definition) is 13. The summed E-state index contributed by atoms with van der Waals surface area (Å²) in [7, 11) is 1.29. The van der Waals surface area contributed by atoms with Crippen molar-refractivity contribution >= 4 is 47.4 Å². The molecule has 0 bridgehead atoms. The van der Waals surface area contributed by atoms with Gasteiger partial charge in [-0.1, -0.05) is 66.2 Å². The molecule has 286 valence electrons. The molecule has 1 aliphatic rings. The van der Waals surface area contributed by atoms with Crippen molar-refractivity contribution in [1.29, 1.82) is 0 Å². The molecule has 0 saturated heterocycles. The van der Waals surface area contributed by atoms with Crippen LogP contribution in [0, 0.1) is 0 Å². The van der Waals surface area contributed by atoms with E-state index in [0.717, 1.165) is 0 Å². The van der Waals surface area contributed by atoms with Crippen molar-refractivity contribution in [3.63, 3.8) is 0 Å². The van der Waals surface area contributed by atoms with Gasteiger partial charge in [0, 0.05) is 17.3 Å². The summed E-state index contributed by atoms with van der Waals surface area (Å²) in [6.45, 7) is 4.42. The van der Waals surface area contributed by atoms with Crippen molar-refractivity contribution in [3.8, 4) is 0 Å². The molecule has 3 unspecified atom stereocenters. The molecule has 3 atom stereocenters. The molecule has 0 amide bonds. The van der Waals surface area contributed by atoms with Crippen molar-refractivity contribution in [2.24, 2.45) is 5.73 Å². The maximum absolute atomic E-state index is 12.9. The number of carbonyl (C=O) groups is 6. The molecule has 0 radical (unpaired) electrons. The van der Waals surface area contributed by atoms with Gasteiger partial charge in [-0.2, -0.15) is 0 Å². The fourth-order valence-electron chi connectivity index (χ4n) is 5.12. The van der Waals surface area contributed by atoms with E-state index < -0.39 is 53.9 Å². The highest BCUT2D eigenvalue weighted by Crippen LogP contribution is 2.41. The number of aliphatic carboxylic acids is 2. The van der Waals surface area contributed by atoms with E-state index in [4.69, 9.17) is 41.0 Å². The topological polar surface area (TPSA) is 227 Å². The van der Waals surface area contributed by atoms with E-state index in [1.165, 1.54) is 55.6 Å². The number of nitrogens with two attached hydrogens (primary N) is 1. The van der Waals surface area contributed by atoms with E-state index in [1.807, 2.05) is 0 Å². The predicted octanol–water partition coefficient (Wildman–Crippen LogP) is 3.87. The summed E-state index contributed by atoms with van der Waals surface area (Å²) in [6, 6.07) is 21.9. The van der Waals surface area contributed by atoms with E-state index in [-0.39, 0.29) is 29.9 Å². The van der Waals surface area contributed by atoms with E-state index in [0.29, 0.717) is 40.7 Å². The highest BCUT2D eigenvalue weighted by Gasteiger charge is 2.41. The van der Waals surface area contributed by atoms with E-state index in [1.54, 1.807) is 50.2 Å². The zero-order valence-corrected chi connectivity index (χ0v) is 30.2. The van der Waals surface area contributed by atoms with Crippen molar-refractivity contribution in [2.45, 2.75) is 32.0 Å². The molecule has 0 saturated carbocycles. The molecule has 16 heteroatoms. The largest absolute Gasteiger partial charge is 0.478 e. The summed E-state index contributed by atoms with van der Waals surface area (Å²) in [5.74, 6) is -7.50. The van der Waals surface area contributed by atoms with Crippen LogP contribution in [0.2, 0.25) is 5.02 Å². The third-order valence-electron chi connectivity index (χ3n) is 7.52. The second-order valence-corrected chi connectivity index (χ2v) is 11.5. The van der Waals surface area contributed by atoms with Crippen molar-refractivity contribution in [1.82, 2.24) is 5.32 Å². The number of carboxylic acid groups (broad SMARTS) is 2. The van der Waals surface area contributed by atoms with Gasteiger partial charge in [0.05, 0.1) is 60.8 Å². The first kappa shape index (κ1) is 42.4. The smallest absolute Gasteiger partial charge is 0.349 e. The predicted molar refractivity (Wildman–Crippen MR) is 192 cm³/mol. The Bertz CT molecular complexity index is 1810. The van der Waals surface area contributed by atoms with Crippen LogP contribution in [0.3, 0.4) is 0 Å². The van der Waals surface area contributed by atoms with Gasteiger partial charge < -0.3 is 44.9 Å². The average molecular weight is 767 g/mol. The summed E-state index contributed by atoms with van der Waals surface area (Å²) in [6.07, 6.45) is -4.43. The molecular formula is C38H39ClN2O13. The molecule has 5 N–H and O–H groups in total. The third kappa shape index (κ3) is 11.2. The molecule has 3 aromatic rings. The monoisotopic (exact) mass is 766 g/mol. The van der Waals surface area contributed by atoms with Gasteiger partial charge in [0.2, 0.25) is 12.2 Å². The molecular weight excluding hydrogens is 728 g/mol. The Labute approximate surface area is 315 Å². The first-order valence-electron chi connectivity index (χ1n) is 16.3. The van der Waals surface area contributed by atoms with Gasteiger partial charge in [0.1, 0.15) is 0 Å². The Morgan fingerprint density at radius 2 is 1.26 bits per heavy atom. The first-order valence-corrected chi connectivity index (χ1v) is 16.7. The van der Waals surface area contributed by atoms with Gasteiger partial charge in [0.15, 0.2) is 0 Å². The van der Waals surface area contributed by atoms with Crippen LogP contribution >= 0.6 is 11.6 Å². The lowest BCUT2D eigenvalue weighted by Crippen LogP contribution is -2.45. The van der Waals surface area contributed by atoms with Gasteiger partial charge in [-0.15, -0.1) is 0 Å². The summed E-state index contributed by atoms with van der Waals surface area (Å²) >= 11 is 6.42. The molecule has 0 aliphatic carbocycles. The summed E-state index contributed by atoms with van der Waals surface area (Å²) in [4.78, 5) is 72.3. The lowest BCUT2D eigenvalue weighted by Gasteiger charge is -2.31. The third-order valence-corrected chi connectivity index (χ3v) is 7.86. The fourth-order valence-corrected chi connectivity index (χ4v) is 5.36. The lowest BCUT2D eigenvalue weighted by molar-refractivity contribution is -0.166. The minimum Gasteiger partial charge on any atom is -0.478 e. The van der Waals surface area contributed by atoms with Crippen LogP contribution in [0.25, 0.3) is 0 Å². The standard InChI is InChI=1S/C20H25ClN2O5.C18H14O8/c1-4-28-20(25)18-15(11-27-10-9-22)23-12(2)16(19(24)26-3)17(18)13-7-5-6-8-14(13)21;19-15(20)13(25-17(23)11-7-3-1-4-8-11)14(16(21)22)26-18(24)12-9-5-2-6-10-12/h5-8,17,23H,4,9-11,22H2,1-3H3;1-10,13-14H,(H,19,20)(H,21,22). The van der Waals surface area contributed by atoms with Gasteiger partial charge in [0.25, 0.3) is 0 Å². The van der Waals surface area contributed by atoms with Gasteiger partial charge in [-0.25, -0.2) is 28.8 Å². The number of methoxy groups -OCH3 is 1. The molecule has 1 aliphatic heterocycles. The Kier molecular flexibility index (Phi) is 16.4. The zero-order valence-electron chi connectivity index (χ0n) is 29.5. The number of hydrogen-bond donors (Lipinski definition) is 4. The van der Waals surface area contributed by atoms with Crippen LogP contribution in [0.1, 0.15) is 46.0 Å². The second kappa shape index (κ2) is 20.9. The molecule has 0 spiro atoms. The highest BCUT2D eigenvalue weighted by molar-refractivity contribution is 6.31. The number of ether oxygens (including phenoxy) is 5. The van der Waals surface area contributed by atoms with Gasteiger partial charge >= 0.3 is 35.8 Å². The Morgan fingerprint density at radius 3 is 1.70 bits per heavy atom. The van der Waals surface area contributed by atoms with E-state index in [2.05, 4.69) is 5.32 Å². The van der Waals surface area contributed by atoms with Gasteiger partial charge in [-0.05, 0) is 49.7 Å². The number of halogens is 1. The maximum Gasteiger partial charge on any atom is 0.349 e. The van der Waals surface area contributed by atoms with E-state index >= 15 is 0 Å². The van der Waals surface area contributed by atoms with Crippen LogP contribution in [-0.2, 0) is 42.9 Å². The molecule has 0 aromatic heterocycles. The van der Waals surface area contributed by atoms with Gasteiger partial charge in [-0.3, -0.25) is 0 Å². The number of dihydropyridines is 1. The Hall–Kier alpha value is -6.03. The zero-order chi connectivity index (χ0) is 39.8. The number of esters is 4. The molecule has 4 rings (SSSR count). The molecule has 15 nitrogen and oxygen atoms in total. The average Bonchev–Trinajstić information content (AvgIpc) is 3.16. The number of nitrogens with one attached hydrogen (secondary N) is 1. The van der Waals surface area contributed by atoms with Crippen molar-refractivity contribution in [3.05, 3.63) is 129 Å². The molecule has 0 fully saturated rings. The van der Waals surface area contributed by atoms with Crippen LogP contribution in [-0.4, -0.2) is 91.7 Å². The van der Waals surface area contributed by atoms with Crippen LogP contribution < -0.4 is 11.1 Å². The summed E-state index contributed by atoms with van der Waals surface area (Å²) < 4.78 is 25.3. The quantitative estimate of drug-likeness (QED) is 0.0978. The Balaban J connectivity index is 0.000000291. The number of allylic oxidation sites excluding steroid dienone is 1. The second-order valence-electron chi connectivity index (χ2n) is 11.1. The normalized spacial score (nSPS) is 14.6. The van der Waals surface area contributed by atoms with Crippen LogP contribution in [0.15, 0.2) is 107 Å². The summed E-state index contributed by atoms with van der Waals surface area (Å²) in [5.41, 5.74) is 7.75. The minimum absolute atomic E-state index is 0.0253. The molecule has 3 aromatic carbocycles. The highest BCUT2D eigenvalue weighted by atomic mass is 35.5. The number of carboxylic acids is 2. The Morgan fingerprint density at radius 1 is 0.759 bits per heavy atom. The molecule has 54 heavy (non-hydrogen) atoms. The van der Waals surface area contributed by atoms with E-state index in [9.17, 15) is 39.0 Å². The van der Waals surface area contributed by atoms with Crippen LogP contribution in [0.4, 0.5) is 0 Å². The van der Waals surface area contributed by atoms with Crippen molar-refractivity contribution in [2.75, 3.05) is 33.5 Å².